The Morgan fingerprint density at radius 2 is 1.86 bits per heavy atom. The fourth-order valence-electron chi connectivity index (χ4n) is 1.13. The predicted molar refractivity (Wildman–Crippen MR) is 58.2 cm³/mol. The zero-order valence-corrected chi connectivity index (χ0v) is 9.80. The lowest BCUT2D eigenvalue weighted by Gasteiger charge is -2.13. The van der Waals surface area contributed by atoms with Gasteiger partial charge in [0.15, 0.2) is 0 Å². The predicted octanol–water partition coefficient (Wildman–Crippen LogP) is 1.96. The topological polar surface area (TPSA) is 38.3 Å². The van der Waals surface area contributed by atoms with E-state index in [0.717, 1.165) is 19.4 Å². The van der Waals surface area contributed by atoms with Crippen molar-refractivity contribution < 1.29 is 9.53 Å². The normalized spacial score (nSPS) is 11.0. The van der Waals surface area contributed by atoms with Gasteiger partial charge in [-0.3, -0.25) is 4.79 Å². The summed E-state index contributed by atoms with van der Waals surface area (Å²) in [5.41, 5.74) is 0. The molecule has 0 aliphatic rings. The molecule has 0 saturated heterocycles. The summed E-state index contributed by atoms with van der Waals surface area (Å²) in [5, 5.41) is 2.88. The molecule has 0 fully saturated rings. The molecule has 0 unspecified atom stereocenters. The first-order chi connectivity index (χ1) is 6.60. The number of carbonyl (C=O) groups is 1. The summed E-state index contributed by atoms with van der Waals surface area (Å²) in [6.45, 7) is 9.09. The van der Waals surface area contributed by atoms with Gasteiger partial charge >= 0.3 is 0 Å². The van der Waals surface area contributed by atoms with Crippen molar-refractivity contribution in [2.45, 2.75) is 46.6 Å². The van der Waals surface area contributed by atoms with E-state index in [4.69, 9.17) is 4.74 Å². The second-order valence-electron chi connectivity index (χ2n) is 3.85. The number of ether oxygens (including phenoxy) is 1. The van der Waals surface area contributed by atoms with Crippen LogP contribution in [0.15, 0.2) is 0 Å². The van der Waals surface area contributed by atoms with Crippen LogP contribution in [0, 0.1) is 5.92 Å². The van der Waals surface area contributed by atoms with Crippen LogP contribution in [0.3, 0.4) is 0 Å². The van der Waals surface area contributed by atoms with Crippen LogP contribution in [-0.2, 0) is 9.53 Å². The van der Waals surface area contributed by atoms with E-state index < -0.39 is 0 Å². The third-order valence-corrected chi connectivity index (χ3v) is 2.29. The van der Waals surface area contributed by atoms with Gasteiger partial charge in [0.1, 0.15) is 6.61 Å². The first-order valence-corrected chi connectivity index (χ1v) is 5.48. The standard InChI is InChI=1S/C11H23NO2/c1-5-10(6-2)7-12-11(13)8-14-9(3)4/h9-10H,5-8H2,1-4H3,(H,12,13). The van der Waals surface area contributed by atoms with Gasteiger partial charge in [0, 0.05) is 6.54 Å². The number of carbonyl (C=O) groups excluding carboxylic acids is 1. The molecule has 0 bridgehead atoms. The second-order valence-corrected chi connectivity index (χ2v) is 3.85. The molecule has 1 N–H and O–H groups in total. The Hall–Kier alpha value is -0.570. The Labute approximate surface area is 87.2 Å². The highest BCUT2D eigenvalue weighted by molar-refractivity contribution is 5.77. The summed E-state index contributed by atoms with van der Waals surface area (Å²) in [6, 6.07) is 0. The Bertz CT molecular complexity index is 153. The summed E-state index contributed by atoms with van der Waals surface area (Å²) in [5.74, 6) is 0.587. The summed E-state index contributed by atoms with van der Waals surface area (Å²) in [7, 11) is 0. The van der Waals surface area contributed by atoms with Gasteiger partial charge in [-0.05, 0) is 19.8 Å². The minimum atomic E-state index is -0.00870. The molecule has 0 spiro atoms. The van der Waals surface area contributed by atoms with Crippen molar-refractivity contribution in [2.24, 2.45) is 5.92 Å². The fourth-order valence-corrected chi connectivity index (χ4v) is 1.13. The highest BCUT2D eigenvalue weighted by atomic mass is 16.5. The molecule has 0 aliphatic carbocycles. The average molecular weight is 201 g/mol. The van der Waals surface area contributed by atoms with E-state index in [0.29, 0.717) is 5.92 Å². The van der Waals surface area contributed by atoms with Crippen molar-refractivity contribution in [1.29, 1.82) is 0 Å². The van der Waals surface area contributed by atoms with Gasteiger partial charge < -0.3 is 10.1 Å². The largest absolute Gasteiger partial charge is 0.369 e. The van der Waals surface area contributed by atoms with Crippen molar-refractivity contribution in [3.05, 3.63) is 0 Å². The van der Waals surface area contributed by atoms with Crippen LogP contribution in [0.1, 0.15) is 40.5 Å². The molecule has 0 saturated carbocycles. The van der Waals surface area contributed by atoms with Crippen molar-refractivity contribution in [3.63, 3.8) is 0 Å². The van der Waals surface area contributed by atoms with Gasteiger partial charge in [-0.25, -0.2) is 0 Å². The molecule has 0 heterocycles. The van der Waals surface area contributed by atoms with Crippen LogP contribution in [0.4, 0.5) is 0 Å². The van der Waals surface area contributed by atoms with Gasteiger partial charge in [-0.2, -0.15) is 0 Å². The number of nitrogens with one attached hydrogen (secondary N) is 1. The first-order valence-electron chi connectivity index (χ1n) is 5.48. The zero-order chi connectivity index (χ0) is 11.0. The van der Waals surface area contributed by atoms with Crippen molar-refractivity contribution in [3.8, 4) is 0 Å². The van der Waals surface area contributed by atoms with E-state index in [2.05, 4.69) is 19.2 Å². The number of amides is 1. The minimum Gasteiger partial charge on any atom is -0.369 e. The lowest BCUT2D eigenvalue weighted by molar-refractivity contribution is -0.127. The molecule has 3 nitrogen and oxygen atoms in total. The van der Waals surface area contributed by atoms with Crippen LogP contribution in [0.25, 0.3) is 0 Å². The smallest absolute Gasteiger partial charge is 0.246 e. The van der Waals surface area contributed by atoms with E-state index >= 15 is 0 Å². The van der Waals surface area contributed by atoms with E-state index in [9.17, 15) is 4.79 Å². The molecule has 3 heteroatoms. The van der Waals surface area contributed by atoms with E-state index in [1.165, 1.54) is 0 Å². The molecule has 14 heavy (non-hydrogen) atoms. The van der Waals surface area contributed by atoms with Crippen molar-refractivity contribution >= 4 is 5.91 Å². The third-order valence-electron chi connectivity index (χ3n) is 2.29. The Balaban J connectivity index is 3.52. The highest BCUT2D eigenvalue weighted by Crippen LogP contribution is 2.04. The third kappa shape index (κ3) is 6.89. The maximum absolute atomic E-state index is 11.2. The molecule has 1 amide bonds. The first kappa shape index (κ1) is 13.4. The molecule has 84 valence electrons. The molecule has 0 rings (SSSR count). The quantitative estimate of drug-likeness (QED) is 0.684. The van der Waals surface area contributed by atoms with Gasteiger partial charge in [-0.15, -0.1) is 0 Å². The van der Waals surface area contributed by atoms with E-state index in [-0.39, 0.29) is 18.6 Å². The maximum Gasteiger partial charge on any atom is 0.246 e. The average Bonchev–Trinajstić information content (AvgIpc) is 2.16. The Kier molecular flexibility index (Phi) is 7.48. The molecule has 0 radical (unpaired) electrons. The second kappa shape index (κ2) is 7.80. The molecular weight excluding hydrogens is 178 g/mol. The summed E-state index contributed by atoms with van der Waals surface area (Å²) in [6.07, 6.45) is 2.35. The van der Waals surface area contributed by atoms with Crippen molar-refractivity contribution in [2.75, 3.05) is 13.2 Å². The Morgan fingerprint density at radius 1 is 1.29 bits per heavy atom. The van der Waals surface area contributed by atoms with Crippen molar-refractivity contribution in [1.82, 2.24) is 5.32 Å². The summed E-state index contributed by atoms with van der Waals surface area (Å²) < 4.78 is 5.19. The molecular formula is C11H23NO2. The molecule has 0 aliphatic heterocycles. The zero-order valence-electron chi connectivity index (χ0n) is 9.80. The van der Waals surface area contributed by atoms with Crippen LogP contribution in [-0.4, -0.2) is 25.2 Å². The van der Waals surface area contributed by atoms with E-state index in [1.54, 1.807) is 0 Å². The van der Waals surface area contributed by atoms with Crippen LogP contribution in [0.2, 0.25) is 0 Å². The van der Waals surface area contributed by atoms with Gasteiger partial charge in [0.05, 0.1) is 6.10 Å². The monoisotopic (exact) mass is 201 g/mol. The fraction of sp³-hybridized carbons (Fsp3) is 0.909. The molecule has 0 aromatic carbocycles. The molecule has 0 aromatic rings. The van der Waals surface area contributed by atoms with Gasteiger partial charge in [-0.1, -0.05) is 26.7 Å². The van der Waals surface area contributed by atoms with Crippen LogP contribution < -0.4 is 5.32 Å². The lowest BCUT2D eigenvalue weighted by atomic mass is 10.0. The number of rotatable bonds is 7. The summed E-state index contributed by atoms with van der Waals surface area (Å²) >= 11 is 0. The maximum atomic E-state index is 11.2. The van der Waals surface area contributed by atoms with Gasteiger partial charge in [0.2, 0.25) is 5.91 Å². The van der Waals surface area contributed by atoms with Crippen LogP contribution >= 0.6 is 0 Å². The highest BCUT2D eigenvalue weighted by Gasteiger charge is 2.06. The summed E-state index contributed by atoms with van der Waals surface area (Å²) in [4.78, 5) is 11.2. The molecule has 0 aromatic heterocycles. The SMILES string of the molecule is CCC(CC)CNC(=O)COC(C)C. The van der Waals surface area contributed by atoms with Gasteiger partial charge in [0.25, 0.3) is 0 Å². The number of hydrogen-bond donors (Lipinski definition) is 1. The lowest BCUT2D eigenvalue weighted by Crippen LogP contribution is -2.32. The Morgan fingerprint density at radius 3 is 2.29 bits per heavy atom. The van der Waals surface area contributed by atoms with Crippen LogP contribution in [0.5, 0.6) is 0 Å². The van der Waals surface area contributed by atoms with E-state index in [1.807, 2.05) is 13.8 Å². The number of hydrogen-bond acceptors (Lipinski definition) is 2. The molecule has 0 atom stereocenters. The minimum absolute atomic E-state index is 0.00870.